The first-order valence-corrected chi connectivity index (χ1v) is 15.1. The third-order valence-corrected chi connectivity index (χ3v) is 11.3. The predicted molar refractivity (Wildman–Crippen MR) is 139 cm³/mol. The Labute approximate surface area is 187 Å². The monoisotopic (exact) mass is 435 g/mol. The summed E-state index contributed by atoms with van der Waals surface area (Å²) in [5, 5.41) is 2.90. The lowest BCUT2D eigenvalue weighted by Crippen LogP contribution is -2.60. The number of hydrogen-bond acceptors (Lipinski definition) is 2. The second kappa shape index (κ2) is 7.05. The fourth-order valence-corrected chi connectivity index (χ4v) is 11.8. The molecule has 0 radical (unpaired) electrons. The van der Waals surface area contributed by atoms with E-state index in [-0.39, 0.29) is 5.54 Å². The van der Waals surface area contributed by atoms with E-state index in [9.17, 15) is 0 Å². The molecular formula is C27H37NSSi. The summed E-state index contributed by atoms with van der Waals surface area (Å²) in [5.41, 5.74) is 7.11. The summed E-state index contributed by atoms with van der Waals surface area (Å²) in [6.07, 6.45) is 1.17. The molecule has 0 aliphatic heterocycles. The van der Waals surface area contributed by atoms with Gasteiger partial charge in [-0.15, -0.1) is 11.3 Å². The highest BCUT2D eigenvalue weighted by Crippen LogP contribution is 2.51. The summed E-state index contributed by atoms with van der Waals surface area (Å²) in [7, 11) is -1.80. The highest BCUT2D eigenvalue weighted by Gasteiger charge is 2.44. The van der Waals surface area contributed by atoms with Gasteiger partial charge in [-0.05, 0) is 68.4 Å². The number of hydrogen-bond donors (Lipinski definition) is 1. The van der Waals surface area contributed by atoms with Crippen molar-refractivity contribution >= 4 is 45.3 Å². The third-order valence-electron chi connectivity index (χ3n) is 6.64. The van der Waals surface area contributed by atoms with Crippen molar-refractivity contribution in [1.29, 1.82) is 0 Å². The van der Waals surface area contributed by atoms with Gasteiger partial charge in [0.05, 0.1) is 0 Å². The predicted octanol–water partition coefficient (Wildman–Crippen LogP) is 8.49. The van der Waals surface area contributed by atoms with Crippen LogP contribution in [0, 0.1) is 5.41 Å². The Morgan fingerprint density at radius 2 is 1.60 bits per heavy atom. The molecule has 30 heavy (non-hydrogen) atoms. The highest BCUT2D eigenvalue weighted by atomic mass is 32.1. The standard InChI is InChI=1S/C27H37NSSi/c1-17-18(2)25(30(8,9)28-27(6,7)16-26(3,4)5)20-14-15-22-24(23(17)20)19-12-10-11-13-21(19)29-22/h10-15,25,28H,16H2,1-9H3. The number of nitrogens with one attached hydrogen (secondary N) is 1. The summed E-state index contributed by atoms with van der Waals surface area (Å²) >= 11 is 1.93. The van der Waals surface area contributed by atoms with Crippen LogP contribution in [0.3, 0.4) is 0 Å². The average Bonchev–Trinajstić information content (AvgIpc) is 3.07. The molecule has 1 aromatic heterocycles. The van der Waals surface area contributed by atoms with E-state index in [1.54, 1.807) is 11.1 Å². The van der Waals surface area contributed by atoms with Crippen LogP contribution in [-0.2, 0) is 0 Å². The third kappa shape index (κ3) is 3.70. The first-order chi connectivity index (χ1) is 13.8. The number of rotatable bonds is 4. The molecule has 0 fully saturated rings. The lowest BCUT2D eigenvalue weighted by atomic mass is 9.82. The molecule has 0 saturated carbocycles. The first kappa shape index (κ1) is 21.8. The Morgan fingerprint density at radius 1 is 0.933 bits per heavy atom. The Hall–Kier alpha value is -1.42. The van der Waals surface area contributed by atoms with E-state index in [1.165, 1.54) is 37.7 Å². The molecule has 2 aromatic carbocycles. The van der Waals surface area contributed by atoms with Crippen LogP contribution >= 0.6 is 11.3 Å². The van der Waals surface area contributed by atoms with E-state index in [4.69, 9.17) is 0 Å². The molecule has 1 atom stereocenters. The smallest absolute Gasteiger partial charge is 0.131 e. The minimum absolute atomic E-state index is 0.129. The summed E-state index contributed by atoms with van der Waals surface area (Å²) in [4.78, 5) is 4.21. The minimum Gasteiger partial charge on any atom is -0.332 e. The zero-order valence-corrected chi connectivity index (χ0v) is 22.0. The van der Waals surface area contributed by atoms with Crippen molar-refractivity contribution in [2.75, 3.05) is 0 Å². The Bertz CT molecular complexity index is 1160. The second-order valence-corrected chi connectivity index (χ2v) is 17.1. The van der Waals surface area contributed by atoms with E-state index in [0.717, 1.165) is 0 Å². The molecule has 4 rings (SSSR count). The largest absolute Gasteiger partial charge is 0.332 e. The molecule has 1 N–H and O–H groups in total. The zero-order valence-electron chi connectivity index (χ0n) is 20.2. The van der Waals surface area contributed by atoms with Crippen LogP contribution in [0.1, 0.15) is 71.6 Å². The number of thiophene rings is 1. The zero-order chi connectivity index (χ0) is 22.1. The van der Waals surface area contributed by atoms with Crippen molar-refractivity contribution < 1.29 is 0 Å². The van der Waals surface area contributed by atoms with E-state index >= 15 is 0 Å². The van der Waals surface area contributed by atoms with Gasteiger partial charge in [0.25, 0.3) is 0 Å². The van der Waals surface area contributed by atoms with Crippen molar-refractivity contribution in [2.45, 2.75) is 79.1 Å². The molecule has 1 unspecified atom stereocenters. The Balaban J connectivity index is 1.84. The molecule has 1 aliphatic rings. The number of allylic oxidation sites excluding steroid dienone is 2. The molecule has 1 aliphatic carbocycles. The van der Waals surface area contributed by atoms with Gasteiger partial charge in [-0.1, -0.05) is 63.7 Å². The maximum absolute atomic E-state index is 4.21. The van der Waals surface area contributed by atoms with Crippen molar-refractivity contribution in [3.05, 3.63) is 53.1 Å². The molecule has 0 saturated heterocycles. The molecule has 3 aromatic rings. The summed E-state index contributed by atoms with van der Waals surface area (Å²) in [5.74, 6) is 0. The fraction of sp³-hybridized carbons (Fsp3) is 0.481. The van der Waals surface area contributed by atoms with Gasteiger partial charge in [-0.25, -0.2) is 0 Å². The van der Waals surface area contributed by atoms with Crippen LogP contribution in [-0.4, -0.2) is 13.8 Å². The van der Waals surface area contributed by atoms with Crippen LogP contribution in [0.5, 0.6) is 0 Å². The molecule has 0 spiro atoms. The lowest BCUT2D eigenvalue weighted by Gasteiger charge is -2.43. The van der Waals surface area contributed by atoms with Gasteiger partial charge in [0.15, 0.2) is 0 Å². The van der Waals surface area contributed by atoms with Crippen molar-refractivity contribution in [3.63, 3.8) is 0 Å². The lowest BCUT2D eigenvalue weighted by molar-refractivity contribution is 0.267. The van der Waals surface area contributed by atoms with Gasteiger partial charge in [0, 0.05) is 31.3 Å². The Morgan fingerprint density at radius 3 is 2.27 bits per heavy atom. The van der Waals surface area contributed by atoms with Crippen LogP contribution in [0.25, 0.3) is 25.7 Å². The van der Waals surface area contributed by atoms with E-state index in [1.807, 2.05) is 11.3 Å². The first-order valence-electron chi connectivity index (χ1n) is 11.2. The van der Waals surface area contributed by atoms with Crippen molar-refractivity contribution in [2.24, 2.45) is 5.41 Å². The average molecular weight is 436 g/mol. The van der Waals surface area contributed by atoms with Gasteiger partial charge in [-0.2, -0.15) is 0 Å². The van der Waals surface area contributed by atoms with E-state index in [2.05, 4.69) is 103 Å². The molecule has 1 heterocycles. The topological polar surface area (TPSA) is 12.0 Å². The van der Waals surface area contributed by atoms with Gasteiger partial charge in [0.1, 0.15) is 8.24 Å². The van der Waals surface area contributed by atoms with Crippen molar-refractivity contribution in [1.82, 2.24) is 4.98 Å². The van der Waals surface area contributed by atoms with Gasteiger partial charge < -0.3 is 4.98 Å². The maximum Gasteiger partial charge on any atom is 0.131 e. The molecule has 3 heteroatoms. The number of fused-ring (bicyclic) bond motifs is 5. The van der Waals surface area contributed by atoms with E-state index < -0.39 is 8.24 Å². The van der Waals surface area contributed by atoms with Gasteiger partial charge in [0.2, 0.25) is 0 Å². The molecular weight excluding hydrogens is 398 g/mol. The maximum atomic E-state index is 4.21. The quantitative estimate of drug-likeness (QED) is 0.405. The normalized spacial score (nSPS) is 18.0. The molecule has 1 nitrogen and oxygen atoms in total. The van der Waals surface area contributed by atoms with Crippen LogP contribution in [0.15, 0.2) is 42.0 Å². The summed E-state index contributed by atoms with van der Waals surface area (Å²) < 4.78 is 2.82. The SMILES string of the molecule is CC1=C(C)C([Si](C)(C)NC(C)(C)CC(C)(C)C)c2ccc3sc4ccccc4c3c21. The van der Waals surface area contributed by atoms with Crippen LogP contribution < -0.4 is 4.98 Å². The fourth-order valence-electron chi connectivity index (χ4n) is 6.37. The molecule has 0 bridgehead atoms. The van der Waals surface area contributed by atoms with Gasteiger partial charge >= 0.3 is 0 Å². The van der Waals surface area contributed by atoms with E-state index in [0.29, 0.717) is 11.0 Å². The summed E-state index contributed by atoms with van der Waals surface area (Å²) in [6.45, 7) is 21.6. The second-order valence-electron chi connectivity index (χ2n) is 11.7. The van der Waals surface area contributed by atoms with Crippen LogP contribution in [0.4, 0.5) is 0 Å². The molecule has 0 amide bonds. The highest BCUT2D eigenvalue weighted by molar-refractivity contribution is 7.25. The minimum atomic E-state index is -1.80. The summed E-state index contributed by atoms with van der Waals surface area (Å²) in [6, 6.07) is 13.7. The Kier molecular flexibility index (Phi) is 5.12. The number of benzene rings is 2. The van der Waals surface area contributed by atoms with Gasteiger partial charge in [-0.3, -0.25) is 0 Å². The van der Waals surface area contributed by atoms with Crippen LogP contribution in [0.2, 0.25) is 13.1 Å². The molecule has 160 valence electrons. The van der Waals surface area contributed by atoms with Crippen molar-refractivity contribution in [3.8, 4) is 0 Å².